The molecule has 0 aromatic heterocycles. The molecule has 1 aliphatic rings. The minimum absolute atomic E-state index is 0.0714. The Morgan fingerprint density at radius 2 is 1.58 bits per heavy atom. The van der Waals surface area contributed by atoms with Crippen LogP contribution in [0.5, 0.6) is 5.75 Å². The summed E-state index contributed by atoms with van der Waals surface area (Å²) in [5, 5.41) is 2.79. The average molecular weight is 414 g/mol. The van der Waals surface area contributed by atoms with Crippen molar-refractivity contribution in [3.63, 3.8) is 0 Å². The first-order valence-corrected chi connectivity index (χ1v) is 10.7. The number of alkyl carbamates (subject to hydrolysis) is 1. The molecule has 0 saturated heterocycles. The summed E-state index contributed by atoms with van der Waals surface area (Å²) in [6, 6.07) is 24.5. The van der Waals surface area contributed by atoms with E-state index in [9.17, 15) is 4.79 Å². The maximum atomic E-state index is 12.2. The zero-order valence-corrected chi connectivity index (χ0v) is 17.7. The molecule has 3 aromatic rings. The lowest BCUT2D eigenvalue weighted by atomic mass is 9.98. The second kappa shape index (κ2) is 9.98. The van der Waals surface area contributed by atoms with E-state index in [-0.39, 0.29) is 5.92 Å². The van der Waals surface area contributed by atoms with Gasteiger partial charge in [0.2, 0.25) is 0 Å². The van der Waals surface area contributed by atoms with E-state index in [1.807, 2.05) is 60.7 Å². The number of hydrogen-bond acceptors (Lipinski definition) is 3. The third-order valence-electron chi connectivity index (χ3n) is 5.37. The molecule has 1 N–H and O–H groups in total. The van der Waals surface area contributed by atoms with E-state index in [4.69, 9.17) is 9.47 Å². The van der Waals surface area contributed by atoms with Gasteiger partial charge in [-0.15, -0.1) is 0 Å². The first-order valence-electron chi connectivity index (χ1n) is 10.7. The van der Waals surface area contributed by atoms with Gasteiger partial charge in [-0.2, -0.15) is 0 Å². The Kier molecular flexibility index (Phi) is 6.68. The van der Waals surface area contributed by atoms with Crippen LogP contribution in [0.15, 0.2) is 78.9 Å². The summed E-state index contributed by atoms with van der Waals surface area (Å²) in [5.74, 6) is 0.942. The molecule has 0 radical (unpaired) electrons. The van der Waals surface area contributed by atoms with Crippen molar-refractivity contribution in [2.75, 3.05) is 19.8 Å². The second-order valence-corrected chi connectivity index (χ2v) is 7.53. The van der Waals surface area contributed by atoms with Crippen LogP contribution in [0.2, 0.25) is 0 Å². The number of carbonyl (C=O) groups is 1. The highest BCUT2D eigenvalue weighted by atomic mass is 16.5. The quantitative estimate of drug-likeness (QED) is 0.491. The maximum absolute atomic E-state index is 12.2. The normalized spacial score (nSPS) is 12.4. The molecule has 0 spiro atoms. The maximum Gasteiger partial charge on any atom is 0.407 e. The van der Waals surface area contributed by atoms with Crippen LogP contribution >= 0.6 is 0 Å². The van der Waals surface area contributed by atoms with Crippen LogP contribution in [0.1, 0.15) is 36.0 Å². The molecule has 1 amide bonds. The van der Waals surface area contributed by atoms with Crippen LogP contribution in [-0.4, -0.2) is 25.9 Å². The number of carbonyl (C=O) groups excluding carboxylic acids is 1. The van der Waals surface area contributed by atoms with Crippen molar-refractivity contribution >= 4 is 12.2 Å². The number of ether oxygens (including phenoxy) is 2. The van der Waals surface area contributed by atoms with Gasteiger partial charge >= 0.3 is 6.09 Å². The number of benzene rings is 3. The van der Waals surface area contributed by atoms with Crippen molar-refractivity contribution < 1.29 is 14.3 Å². The van der Waals surface area contributed by atoms with Crippen LogP contribution in [0, 0.1) is 0 Å². The minimum Gasteiger partial charge on any atom is -0.494 e. The standard InChI is InChI=1S/C27H27NO3/c1-2-18-30-21-15-13-20(14-16-21)8-7-17-28-27(29)31-19-26-24-11-5-3-9-22(24)23-10-4-6-12-25(23)26/h3-16,26H,2,17-19H2,1H3,(H,28,29). The number of amides is 1. The lowest BCUT2D eigenvalue weighted by Crippen LogP contribution is -2.26. The zero-order chi connectivity index (χ0) is 21.5. The first-order chi connectivity index (χ1) is 15.3. The minimum atomic E-state index is -0.408. The lowest BCUT2D eigenvalue weighted by Gasteiger charge is -2.14. The SMILES string of the molecule is CCCOc1ccc(C=CCNC(=O)OCC2c3ccccc3-c3ccccc32)cc1. The lowest BCUT2D eigenvalue weighted by molar-refractivity contribution is 0.144. The van der Waals surface area contributed by atoms with Gasteiger partial charge in [-0.25, -0.2) is 4.79 Å². The summed E-state index contributed by atoms with van der Waals surface area (Å²) in [6.45, 7) is 3.54. The van der Waals surface area contributed by atoms with Gasteiger partial charge < -0.3 is 14.8 Å². The summed E-state index contributed by atoms with van der Waals surface area (Å²) < 4.78 is 11.1. The van der Waals surface area contributed by atoms with Gasteiger partial charge in [0.05, 0.1) is 6.61 Å². The smallest absolute Gasteiger partial charge is 0.407 e. The van der Waals surface area contributed by atoms with E-state index in [1.165, 1.54) is 22.3 Å². The third-order valence-corrected chi connectivity index (χ3v) is 5.37. The summed E-state index contributed by atoms with van der Waals surface area (Å²) in [7, 11) is 0. The number of fused-ring (bicyclic) bond motifs is 3. The predicted molar refractivity (Wildman–Crippen MR) is 124 cm³/mol. The van der Waals surface area contributed by atoms with Crippen molar-refractivity contribution in [1.29, 1.82) is 0 Å². The Hall–Kier alpha value is -3.53. The van der Waals surface area contributed by atoms with Crippen molar-refractivity contribution in [1.82, 2.24) is 5.32 Å². The van der Waals surface area contributed by atoms with Gasteiger partial charge in [0.1, 0.15) is 12.4 Å². The molecule has 1 aliphatic carbocycles. The van der Waals surface area contributed by atoms with Gasteiger partial charge in [0.25, 0.3) is 0 Å². The zero-order valence-electron chi connectivity index (χ0n) is 17.7. The van der Waals surface area contributed by atoms with Crippen molar-refractivity contribution in [3.05, 3.63) is 95.6 Å². The summed E-state index contributed by atoms with van der Waals surface area (Å²) >= 11 is 0. The molecule has 0 unspecified atom stereocenters. The van der Waals surface area contributed by atoms with Crippen molar-refractivity contribution in [3.8, 4) is 16.9 Å². The molecule has 0 aliphatic heterocycles. The molecular weight excluding hydrogens is 386 g/mol. The van der Waals surface area contributed by atoms with E-state index >= 15 is 0 Å². The predicted octanol–water partition coefficient (Wildman–Crippen LogP) is 6.03. The van der Waals surface area contributed by atoms with Gasteiger partial charge in [0, 0.05) is 12.5 Å². The van der Waals surface area contributed by atoms with E-state index < -0.39 is 6.09 Å². The van der Waals surface area contributed by atoms with Crippen LogP contribution in [0.3, 0.4) is 0 Å². The topological polar surface area (TPSA) is 47.6 Å². The first kappa shape index (κ1) is 20.7. The van der Waals surface area contributed by atoms with Crippen LogP contribution in [-0.2, 0) is 4.74 Å². The average Bonchev–Trinajstić information content (AvgIpc) is 3.14. The molecule has 0 bridgehead atoms. The van der Waals surface area contributed by atoms with Crippen LogP contribution < -0.4 is 10.1 Å². The van der Waals surface area contributed by atoms with E-state index in [1.54, 1.807) is 0 Å². The number of rotatable bonds is 8. The molecule has 4 nitrogen and oxygen atoms in total. The van der Waals surface area contributed by atoms with E-state index in [0.29, 0.717) is 13.2 Å². The fourth-order valence-corrected chi connectivity index (χ4v) is 3.88. The molecule has 0 saturated carbocycles. The van der Waals surface area contributed by atoms with Crippen LogP contribution in [0.25, 0.3) is 17.2 Å². The summed E-state index contributed by atoms with van der Waals surface area (Å²) in [6.07, 6.45) is 4.45. The Balaban J connectivity index is 1.27. The molecule has 4 rings (SSSR count). The highest BCUT2D eigenvalue weighted by Gasteiger charge is 2.28. The van der Waals surface area contributed by atoms with E-state index in [2.05, 4.69) is 36.5 Å². The molecule has 158 valence electrons. The van der Waals surface area contributed by atoms with Gasteiger partial charge in [-0.3, -0.25) is 0 Å². The van der Waals surface area contributed by atoms with Gasteiger partial charge in [-0.05, 0) is 46.4 Å². The molecule has 4 heteroatoms. The fourth-order valence-electron chi connectivity index (χ4n) is 3.88. The molecule has 31 heavy (non-hydrogen) atoms. The summed E-state index contributed by atoms with van der Waals surface area (Å²) in [4.78, 5) is 12.2. The second-order valence-electron chi connectivity index (χ2n) is 7.53. The van der Waals surface area contributed by atoms with Gasteiger partial charge in [-0.1, -0.05) is 79.7 Å². The molecule has 0 fully saturated rings. The van der Waals surface area contributed by atoms with Gasteiger partial charge in [0.15, 0.2) is 0 Å². The van der Waals surface area contributed by atoms with Crippen LogP contribution in [0.4, 0.5) is 4.79 Å². The third kappa shape index (κ3) is 4.97. The number of hydrogen-bond donors (Lipinski definition) is 1. The Morgan fingerprint density at radius 1 is 0.935 bits per heavy atom. The van der Waals surface area contributed by atoms with Crippen molar-refractivity contribution in [2.24, 2.45) is 0 Å². The monoisotopic (exact) mass is 413 g/mol. The molecule has 0 atom stereocenters. The molecular formula is C27H27NO3. The Morgan fingerprint density at radius 3 is 2.23 bits per heavy atom. The Bertz CT molecular complexity index is 1010. The van der Waals surface area contributed by atoms with E-state index in [0.717, 1.165) is 24.3 Å². The highest BCUT2D eigenvalue weighted by Crippen LogP contribution is 2.44. The number of nitrogens with one attached hydrogen (secondary N) is 1. The molecule has 3 aromatic carbocycles. The molecule has 0 heterocycles. The largest absolute Gasteiger partial charge is 0.494 e. The highest BCUT2D eigenvalue weighted by molar-refractivity contribution is 5.79. The fraction of sp³-hybridized carbons (Fsp3) is 0.222. The summed E-state index contributed by atoms with van der Waals surface area (Å²) in [5.41, 5.74) is 5.92. The Labute approximate surface area is 183 Å². The van der Waals surface area contributed by atoms with Crippen molar-refractivity contribution in [2.45, 2.75) is 19.3 Å².